The van der Waals surface area contributed by atoms with Crippen LogP contribution in [0.4, 0.5) is 10.5 Å². The van der Waals surface area contributed by atoms with E-state index in [0.717, 1.165) is 53.8 Å². The van der Waals surface area contributed by atoms with Crippen molar-refractivity contribution in [1.82, 2.24) is 15.3 Å². The number of urea groups is 1. The zero-order valence-electron chi connectivity index (χ0n) is 23.3. The first-order valence-corrected chi connectivity index (χ1v) is 15.8. The van der Waals surface area contributed by atoms with Crippen LogP contribution in [-0.2, 0) is 21.8 Å². The van der Waals surface area contributed by atoms with Gasteiger partial charge in [-0.25, -0.2) is 23.2 Å². The molecule has 1 aromatic heterocycles. The molecule has 8 nitrogen and oxygen atoms in total. The molecule has 0 spiro atoms. The number of rotatable bonds is 8. The van der Waals surface area contributed by atoms with Crippen molar-refractivity contribution in [2.24, 2.45) is 5.92 Å². The Labute approximate surface area is 236 Å². The number of anilines is 1. The molecular weight excluding hydrogens is 524 g/mol. The molecule has 6 rings (SSSR count). The van der Waals surface area contributed by atoms with Crippen molar-refractivity contribution in [2.45, 2.75) is 68.7 Å². The number of hydrogen-bond donors (Lipinski definition) is 1. The molecule has 0 radical (unpaired) electrons. The van der Waals surface area contributed by atoms with Crippen LogP contribution in [0.5, 0.6) is 5.88 Å². The number of nitrogens with one attached hydrogen (secondary N) is 1. The van der Waals surface area contributed by atoms with Crippen molar-refractivity contribution in [3.63, 3.8) is 0 Å². The number of fused-ring (bicyclic) bond motifs is 1. The predicted molar refractivity (Wildman–Crippen MR) is 154 cm³/mol. The average Bonchev–Trinajstić information content (AvgIpc) is 3.74. The quantitative estimate of drug-likeness (QED) is 0.384. The summed E-state index contributed by atoms with van der Waals surface area (Å²) in [7, 11) is -1.61. The first kappa shape index (κ1) is 26.7. The monoisotopic (exact) mass is 560 g/mol. The second-order valence-electron chi connectivity index (χ2n) is 11.5. The summed E-state index contributed by atoms with van der Waals surface area (Å²) < 4.78 is 29.9. The van der Waals surface area contributed by atoms with E-state index in [1.54, 1.807) is 44.6 Å². The molecule has 2 aromatic carbocycles. The molecule has 2 fully saturated rings. The number of hydrogen-bond acceptors (Lipinski definition) is 6. The lowest BCUT2D eigenvalue weighted by atomic mass is 9.64. The van der Waals surface area contributed by atoms with Crippen LogP contribution >= 0.6 is 0 Å². The fourth-order valence-corrected chi connectivity index (χ4v) is 7.07. The molecule has 1 aliphatic heterocycles. The Bertz CT molecular complexity index is 1550. The van der Waals surface area contributed by atoms with Crippen LogP contribution in [0.25, 0.3) is 11.1 Å². The van der Waals surface area contributed by atoms with Crippen LogP contribution < -0.4 is 15.0 Å². The first-order chi connectivity index (χ1) is 19.2. The van der Waals surface area contributed by atoms with Gasteiger partial charge < -0.3 is 10.1 Å². The second kappa shape index (κ2) is 10.2. The summed E-state index contributed by atoms with van der Waals surface area (Å²) in [5, 5.41) is 3.06. The van der Waals surface area contributed by atoms with Crippen molar-refractivity contribution >= 4 is 21.6 Å². The summed E-state index contributed by atoms with van der Waals surface area (Å²) in [5.74, 6) is 1.61. The van der Waals surface area contributed by atoms with Gasteiger partial charge in [0.25, 0.3) is 0 Å². The van der Waals surface area contributed by atoms with Gasteiger partial charge in [0.05, 0.1) is 29.0 Å². The number of benzene rings is 2. The van der Waals surface area contributed by atoms with E-state index in [4.69, 9.17) is 4.74 Å². The van der Waals surface area contributed by atoms with Crippen LogP contribution in [-0.4, -0.2) is 43.8 Å². The van der Waals surface area contributed by atoms with Crippen LogP contribution in [0.2, 0.25) is 0 Å². The number of nitrogens with zero attached hydrogens (tertiary/aromatic N) is 3. The number of amides is 2. The number of carbonyl (C=O) groups excluding carboxylic acids is 1. The maximum Gasteiger partial charge on any atom is 0.322 e. The summed E-state index contributed by atoms with van der Waals surface area (Å²) >= 11 is 0. The maximum absolute atomic E-state index is 13.6. The molecule has 3 aromatic rings. The Morgan fingerprint density at radius 1 is 1.10 bits per heavy atom. The molecule has 1 unspecified atom stereocenters. The van der Waals surface area contributed by atoms with E-state index in [1.807, 2.05) is 4.90 Å². The van der Waals surface area contributed by atoms with Crippen molar-refractivity contribution in [3.8, 4) is 17.0 Å². The van der Waals surface area contributed by atoms with Crippen molar-refractivity contribution < 1.29 is 17.9 Å². The topological polar surface area (TPSA) is 101 Å². The Morgan fingerprint density at radius 2 is 1.85 bits per heavy atom. The number of aromatic nitrogens is 2. The van der Waals surface area contributed by atoms with E-state index in [1.165, 1.54) is 12.0 Å². The maximum atomic E-state index is 13.6. The molecule has 2 amide bonds. The van der Waals surface area contributed by atoms with Gasteiger partial charge in [-0.3, -0.25) is 4.90 Å². The average molecular weight is 561 g/mol. The highest BCUT2D eigenvalue weighted by atomic mass is 32.2. The van der Waals surface area contributed by atoms with E-state index in [-0.39, 0.29) is 17.2 Å². The van der Waals surface area contributed by atoms with Crippen LogP contribution in [0.15, 0.2) is 53.7 Å². The lowest BCUT2D eigenvalue weighted by Gasteiger charge is -2.41. The molecule has 9 heteroatoms. The lowest BCUT2D eigenvalue weighted by Crippen LogP contribution is -2.45. The number of sulfone groups is 1. The predicted octanol–water partition coefficient (Wildman–Crippen LogP) is 5.61. The molecule has 3 aliphatic rings. The van der Waals surface area contributed by atoms with Crippen LogP contribution in [0, 0.1) is 5.92 Å². The largest absolute Gasteiger partial charge is 0.480 e. The number of methoxy groups -OCH3 is 1. The van der Waals surface area contributed by atoms with Gasteiger partial charge in [0, 0.05) is 30.1 Å². The third kappa shape index (κ3) is 4.64. The summed E-state index contributed by atoms with van der Waals surface area (Å²) in [6.07, 6.45) is 7.38. The Hall–Kier alpha value is -3.46. The lowest BCUT2D eigenvalue weighted by molar-refractivity contribution is 0.188. The van der Waals surface area contributed by atoms with Gasteiger partial charge in [-0.15, -0.1) is 0 Å². The summed E-state index contributed by atoms with van der Waals surface area (Å²) in [6, 6.07) is 12.9. The van der Waals surface area contributed by atoms with Crippen molar-refractivity contribution in [3.05, 3.63) is 65.6 Å². The molecule has 2 saturated carbocycles. The SMILES string of the molecule is CCS(=O)(=O)c1ccc(CNC(=O)N2CC(C)(C3CCC3)c3cc(-c4c(OC)ncnc4C4CC4)ccc32)cc1. The standard InChI is InChI=1S/C31H36N4O4S/c1-4-40(37,38)24-13-8-20(9-14-24)17-32-30(36)35-18-31(2,23-6-5-7-23)25-16-22(12-15-26(25)35)27-28(21-10-11-21)33-19-34-29(27)39-3/h8-9,12-16,19,21,23H,4-7,10-11,17-18H2,1-3H3,(H,32,36). The van der Waals surface area contributed by atoms with Crippen molar-refractivity contribution in [1.29, 1.82) is 0 Å². The molecule has 2 heterocycles. The van der Waals surface area contributed by atoms with Gasteiger partial charge in [0.1, 0.15) is 6.33 Å². The smallest absolute Gasteiger partial charge is 0.322 e. The minimum absolute atomic E-state index is 0.0604. The summed E-state index contributed by atoms with van der Waals surface area (Å²) in [4.78, 5) is 24.8. The van der Waals surface area contributed by atoms with Crippen molar-refractivity contribution in [2.75, 3.05) is 24.3 Å². The third-order valence-corrected chi connectivity index (χ3v) is 10.8. The van der Waals surface area contributed by atoms with E-state index >= 15 is 0 Å². The summed E-state index contributed by atoms with van der Waals surface area (Å²) in [6.45, 7) is 4.86. The Balaban J connectivity index is 1.29. The highest BCUT2D eigenvalue weighted by Gasteiger charge is 2.48. The zero-order valence-corrected chi connectivity index (χ0v) is 24.1. The van der Waals surface area contributed by atoms with E-state index < -0.39 is 9.84 Å². The highest BCUT2D eigenvalue weighted by molar-refractivity contribution is 7.91. The molecule has 0 bridgehead atoms. The van der Waals surface area contributed by atoms with Crippen LogP contribution in [0.1, 0.15) is 68.7 Å². The van der Waals surface area contributed by atoms with Gasteiger partial charge in [0.15, 0.2) is 9.84 Å². The highest BCUT2D eigenvalue weighted by Crippen LogP contribution is 2.53. The molecule has 40 heavy (non-hydrogen) atoms. The number of ether oxygens (including phenoxy) is 1. The Kier molecular flexibility index (Phi) is 6.81. The van der Waals surface area contributed by atoms with Gasteiger partial charge in [-0.1, -0.05) is 38.5 Å². The Morgan fingerprint density at radius 3 is 2.48 bits per heavy atom. The zero-order chi connectivity index (χ0) is 28.1. The fraction of sp³-hybridized carbons (Fsp3) is 0.452. The van der Waals surface area contributed by atoms with Gasteiger partial charge >= 0.3 is 6.03 Å². The number of carbonyl (C=O) groups is 1. The second-order valence-corrected chi connectivity index (χ2v) is 13.8. The molecule has 2 aliphatic carbocycles. The van der Waals surface area contributed by atoms with Gasteiger partial charge in [-0.05, 0) is 72.6 Å². The molecule has 1 N–H and O–H groups in total. The third-order valence-electron chi connectivity index (χ3n) is 9.03. The molecular formula is C31H36N4O4S. The van der Waals surface area contributed by atoms with Gasteiger partial charge in [0.2, 0.25) is 5.88 Å². The summed E-state index contributed by atoms with van der Waals surface area (Å²) in [5.41, 5.74) is 5.86. The van der Waals surface area contributed by atoms with E-state index in [9.17, 15) is 13.2 Å². The molecule has 210 valence electrons. The first-order valence-electron chi connectivity index (χ1n) is 14.2. The molecule has 1 atom stereocenters. The minimum atomic E-state index is -3.25. The van der Waals surface area contributed by atoms with Crippen LogP contribution in [0.3, 0.4) is 0 Å². The van der Waals surface area contributed by atoms with Gasteiger partial charge in [-0.2, -0.15) is 0 Å². The fourth-order valence-electron chi connectivity index (χ4n) is 6.19. The molecule has 0 saturated heterocycles. The van der Waals surface area contributed by atoms with E-state index in [0.29, 0.717) is 35.7 Å². The van der Waals surface area contributed by atoms with E-state index in [2.05, 4.69) is 40.4 Å². The minimum Gasteiger partial charge on any atom is -0.480 e. The normalized spacial score (nSPS) is 20.6.